The number of hydrogen-bond acceptors (Lipinski definition) is 4. The van der Waals surface area contributed by atoms with Gasteiger partial charge in [0.15, 0.2) is 0 Å². The summed E-state index contributed by atoms with van der Waals surface area (Å²) in [5, 5.41) is 15.8. The predicted molar refractivity (Wildman–Crippen MR) is 77.3 cm³/mol. The van der Waals surface area contributed by atoms with E-state index in [1.165, 1.54) is 0 Å². The number of amidine groups is 1. The summed E-state index contributed by atoms with van der Waals surface area (Å²) in [6.45, 7) is 0.448. The molecule has 1 aliphatic rings. The standard InChI is InChI=1S/C14H17N5O2/c15-13(17-21)6-8-18(10-4-5-10)14(20)11-9-16-19-7-2-1-3-12(11)19/h1-3,7,9-10,21H,4-6,8H2,(H2,15,17). The number of rotatable bonds is 5. The molecule has 110 valence electrons. The van der Waals surface area contributed by atoms with Gasteiger partial charge in [-0.2, -0.15) is 5.10 Å². The van der Waals surface area contributed by atoms with E-state index in [0.717, 1.165) is 18.4 Å². The minimum atomic E-state index is -0.0514. The molecule has 0 aromatic carbocycles. The Labute approximate surface area is 121 Å². The second-order valence-corrected chi connectivity index (χ2v) is 5.16. The van der Waals surface area contributed by atoms with E-state index in [1.807, 2.05) is 24.4 Å². The maximum absolute atomic E-state index is 12.7. The number of hydrogen-bond donors (Lipinski definition) is 2. The van der Waals surface area contributed by atoms with Gasteiger partial charge < -0.3 is 15.8 Å². The molecule has 0 atom stereocenters. The number of nitrogens with two attached hydrogens (primary N) is 1. The van der Waals surface area contributed by atoms with Crippen LogP contribution in [0.25, 0.3) is 5.52 Å². The van der Waals surface area contributed by atoms with Crippen molar-refractivity contribution in [3.63, 3.8) is 0 Å². The molecule has 3 N–H and O–H groups in total. The van der Waals surface area contributed by atoms with Crippen molar-refractivity contribution in [1.82, 2.24) is 14.5 Å². The Morgan fingerprint density at radius 3 is 3.05 bits per heavy atom. The zero-order valence-corrected chi connectivity index (χ0v) is 11.5. The summed E-state index contributed by atoms with van der Waals surface area (Å²) < 4.78 is 1.68. The third kappa shape index (κ3) is 2.67. The molecule has 0 radical (unpaired) electrons. The fraction of sp³-hybridized carbons (Fsp3) is 0.357. The molecule has 0 bridgehead atoms. The molecule has 7 heteroatoms. The normalized spacial score (nSPS) is 15.3. The summed E-state index contributed by atoms with van der Waals surface area (Å²) >= 11 is 0. The molecule has 1 saturated carbocycles. The van der Waals surface area contributed by atoms with Crippen LogP contribution in [0.2, 0.25) is 0 Å². The van der Waals surface area contributed by atoms with Gasteiger partial charge in [-0.15, -0.1) is 0 Å². The molecule has 0 unspecified atom stereocenters. The molecule has 0 saturated heterocycles. The zero-order valence-electron chi connectivity index (χ0n) is 11.5. The van der Waals surface area contributed by atoms with E-state index in [1.54, 1.807) is 15.6 Å². The predicted octanol–water partition coefficient (Wildman–Crippen LogP) is 1.08. The van der Waals surface area contributed by atoms with Crippen LogP contribution in [0.4, 0.5) is 0 Å². The van der Waals surface area contributed by atoms with Crippen molar-refractivity contribution in [2.45, 2.75) is 25.3 Å². The van der Waals surface area contributed by atoms with Crippen LogP contribution >= 0.6 is 0 Å². The summed E-state index contributed by atoms with van der Waals surface area (Å²) in [5.74, 6) is 0.0813. The quantitative estimate of drug-likeness (QED) is 0.372. The third-order valence-corrected chi connectivity index (χ3v) is 3.64. The van der Waals surface area contributed by atoms with Crippen LogP contribution in [-0.4, -0.2) is 44.1 Å². The molecule has 2 aromatic heterocycles. The first-order valence-electron chi connectivity index (χ1n) is 6.90. The van der Waals surface area contributed by atoms with Crippen LogP contribution < -0.4 is 5.73 Å². The highest BCUT2D eigenvalue weighted by molar-refractivity contribution is 6.01. The summed E-state index contributed by atoms with van der Waals surface area (Å²) in [6, 6.07) is 5.87. The molecule has 1 aliphatic carbocycles. The lowest BCUT2D eigenvalue weighted by Gasteiger charge is -2.21. The van der Waals surface area contributed by atoms with Crippen molar-refractivity contribution in [2.24, 2.45) is 10.9 Å². The Morgan fingerprint density at radius 1 is 1.52 bits per heavy atom. The first kappa shape index (κ1) is 13.4. The molecular formula is C14H17N5O2. The molecule has 1 amide bonds. The average molecular weight is 287 g/mol. The number of pyridine rings is 1. The number of oxime groups is 1. The van der Waals surface area contributed by atoms with Crippen LogP contribution in [-0.2, 0) is 0 Å². The zero-order chi connectivity index (χ0) is 14.8. The Balaban J connectivity index is 1.84. The Morgan fingerprint density at radius 2 is 2.33 bits per heavy atom. The highest BCUT2D eigenvalue weighted by Crippen LogP contribution is 2.29. The van der Waals surface area contributed by atoms with Gasteiger partial charge in [-0.3, -0.25) is 4.79 Å². The van der Waals surface area contributed by atoms with E-state index in [4.69, 9.17) is 10.9 Å². The minimum Gasteiger partial charge on any atom is -0.409 e. The van der Waals surface area contributed by atoms with Crippen molar-refractivity contribution < 1.29 is 10.0 Å². The molecule has 0 aliphatic heterocycles. The van der Waals surface area contributed by atoms with E-state index in [0.29, 0.717) is 18.5 Å². The minimum absolute atomic E-state index is 0.0514. The van der Waals surface area contributed by atoms with Gasteiger partial charge in [-0.05, 0) is 25.0 Å². The summed E-state index contributed by atoms with van der Waals surface area (Å²) in [7, 11) is 0. The average Bonchev–Trinajstić information content (AvgIpc) is 3.25. The topological polar surface area (TPSA) is 96.2 Å². The maximum Gasteiger partial charge on any atom is 0.257 e. The third-order valence-electron chi connectivity index (χ3n) is 3.64. The van der Waals surface area contributed by atoms with E-state index in [-0.39, 0.29) is 17.8 Å². The van der Waals surface area contributed by atoms with Crippen molar-refractivity contribution in [3.8, 4) is 0 Å². The number of aromatic nitrogens is 2. The van der Waals surface area contributed by atoms with Gasteiger partial charge in [0, 0.05) is 25.2 Å². The van der Waals surface area contributed by atoms with Gasteiger partial charge in [0.25, 0.3) is 5.91 Å². The molecule has 7 nitrogen and oxygen atoms in total. The summed E-state index contributed by atoms with van der Waals surface area (Å²) in [6.07, 6.45) is 5.76. The number of nitrogens with zero attached hydrogens (tertiary/aromatic N) is 4. The lowest BCUT2D eigenvalue weighted by Crippen LogP contribution is -2.35. The van der Waals surface area contributed by atoms with Gasteiger partial charge in [-0.1, -0.05) is 11.2 Å². The lowest BCUT2D eigenvalue weighted by molar-refractivity contribution is 0.0749. The van der Waals surface area contributed by atoms with Crippen molar-refractivity contribution in [3.05, 3.63) is 36.2 Å². The van der Waals surface area contributed by atoms with Crippen molar-refractivity contribution in [1.29, 1.82) is 0 Å². The monoisotopic (exact) mass is 287 g/mol. The second-order valence-electron chi connectivity index (χ2n) is 5.16. The Kier molecular flexibility index (Phi) is 3.47. The van der Waals surface area contributed by atoms with Crippen molar-refractivity contribution in [2.75, 3.05) is 6.54 Å². The number of amides is 1. The summed E-state index contributed by atoms with van der Waals surface area (Å²) in [5.41, 5.74) is 6.87. The smallest absolute Gasteiger partial charge is 0.257 e. The van der Waals surface area contributed by atoms with Crippen LogP contribution in [0, 0.1) is 0 Å². The second kappa shape index (κ2) is 5.43. The van der Waals surface area contributed by atoms with Gasteiger partial charge in [-0.25, -0.2) is 4.52 Å². The molecule has 3 rings (SSSR count). The molecular weight excluding hydrogens is 270 g/mol. The van der Waals surface area contributed by atoms with E-state index >= 15 is 0 Å². The SMILES string of the molecule is N/C(CCN(C(=O)c1cnn2ccccc12)C1CC1)=N/O. The van der Waals surface area contributed by atoms with Crippen molar-refractivity contribution >= 4 is 17.3 Å². The van der Waals surface area contributed by atoms with E-state index in [9.17, 15) is 4.79 Å². The maximum atomic E-state index is 12.7. The van der Waals surface area contributed by atoms with Gasteiger partial charge in [0.2, 0.25) is 0 Å². The first-order chi connectivity index (χ1) is 10.2. The van der Waals surface area contributed by atoms with Crippen LogP contribution in [0.3, 0.4) is 0 Å². The molecule has 21 heavy (non-hydrogen) atoms. The van der Waals surface area contributed by atoms with Gasteiger partial charge >= 0.3 is 0 Å². The highest BCUT2D eigenvalue weighted by atomic mass is 16.4. The lowest BCUT2D eigenvalue weighted by atomic mass is 10.2. The number of carbonyl (C=O) groups is 1. The molecule has 1 fully saturated rings. The van der Waals surface area contributed by atoms with Crippen LogP contribution in [0.5, 0.6) is 0 Å². The van der Waals surface area contributed by atoms with E-state index in [2.05, 4.69) is 10.3 Å². The number of carbonyl (C=O) groups excluding carboxylic acids is 1. The van der Waals surface area contributed by atoms with Crippen LogP contribution in [0.15, 0.2) is 35.7 Å². The molecule has 2 aromatic rings. The van der Waals surface area contributed by atoms with Crippen LogP contribution in [0.1, 0.15) is 29.6 Å². The fourth-order valence-electron chi connectivity index (χ4n) is 2.38. The molecule has 2 heterocycles. The highest BCUT2D eigenvalue weighted by Gasteiger charge is 2.33. The fourth-order valence-corrected chi connectivity index (χ4v) is 2.38. The summed E-state index contributed by atoms with van der Waals surface area (Å²) in [4.78, 5) is 14.5. The molecule has 0 spiro atoms. The Bertz CT molecular complexity index is 689. The van der Waals surface area contributed by atoms with Gasteiger partial charge in [0.1, 0.15) is 5.84 Å². The van der Waals surface area contributed by atoms with E-state index < -0.39 is 0 Å². The first-order valence-corrected chi connectivity index (χ1v) is 6.90. The van der Waals surface area contributed by atoms with Gasteiger partial charge in [0.05, 0.1) is 17.3 Å². The Hall–Kier alpha value is -2.57. The number of fused-ring (bicyclic) bond motifs is 1. The largest absolute Gasteiger partial charge is 0.409 e.